The van der Waals surface area contributed by atoms with Crippen LogP contribution < -0.4 is 4.74 Å². The molecule has 4 nitrogen and oxygen atoms in total. The summed E-state index contributed by atoms with van der Waals surface area (Å²) in [6, 6.07) is 11.8. The third-order valence-electron chi connectivity index (χ3n) is 5.10. The van der Waals surface area contributed by atoms with E-state index in [2.05, 4.69) is 0 Å². The first-order chi connectivity index (χ1) is 12.4. The number of carbonyl (C=O) groups is 3. The molecule has 2 aromatic rings. The van der Waals surface area contributed by atoms with Crippen molar-refractivity contribution in [3.63, 3.8) is 0 Å². The summed E-state index contributed by atoms with van der Waals surface area (Å²) in [4.78, 5) is 37.8. The topological polar surface area (TPSA) is 60.4 Å². The Morgan fingerprint density at radius 3 is 2.46 bits per heavy atom. The second-order valence-electron chi connectivity index (χ2n) is 6.60. The molecule has 1 atom stereocenters. The Labute approximate surface area is 157 Å². The van der Waals surface area contributed by atoms with Crippen molar-refractivity contribution in [2.24, 2.45) is 5.41 Å². The fourth-order valence-corrected chi connectivity index (χ4v) is 3.70. The molecule has 0 aliphatic heterocycles. The molecule has 1 aliphatic carbocycles. The molecular weight excluding hydrogens is 352 g/mol. The molecule has 134 valence electrons. The summed E-state index contributed by atoms with van der Waals surface area (Å²) >= 11 is 6.02. The molecule has 0 spiro atoms. The minimum atomic E-state index is -1.17. The summed E-state index contributed by atoms with van der Waals surface area (Å²) < 4.78 is 5.09. The molecule has 1 unspecified atom stereocenters. The van der Waals surface area contributed by atoms with Gasteiger partial charge in [-0.25, -0.2) is 0 Å². The number of methoxy groups -OCH3 is 1. The molecule has 26 heavy (non-hydrogen) atoms. The largest absolute Gasteiger partial charge is 0.497 e. The summed E-state index contributed by atoms with van der Waals surface area (Å²) in [7, 11) is 1.56. The van der Waals surface area contributed by atoms with Crippen LogP contribution >= 0.6 is 11.6 Å². The van der Waals surface area contributed by atoms with Gasteiger partial charge in [0, 0.05) is 22.6 Å². The first-order valence-corrected chi connectivity index (χ1v) is 8.77. The van der Waals surface area contributed by atoms with Crippen LogP contribution in [0, 0.1) is 5.41 Å². The average molecular weight is 371 g/mol. The van der Waals surface area contributed by atoms with Crippen molar-refractivity contribution in [2.45, 2.75) is 26.2 Å². The van der Waals surface area contributed by atoms with E-state index in [1.165, 1.54) is 6.92 Å². The molecule has 3 rings (SSSR count). The molecule has 0 N–H and O–H groups in total. The number of hydrogen-bond acceptors (Lipinski definition) is 4. The lowest BCUT2D eigenvalue weighted by Gasteiger charge is -2.23. The van der Waals surface area contributed by atoms with E-state index in [1.807, 2.05) is 0 Å². The molecule has 1 aliphatic rings. The maximum Gasteiger partial charge on any atom is 0.177 e. The molecular formula is C21H19ClO4. The standard InChI is InChI=1S/C21H19ClO4/c1-13(23)21(12-15-11-16(22)5-8-18(15)20(21)25)10-9-19(24)14-3-6-17(26-2)7-4-14/h3-8,11H,9-10,12H2,1-2H3. The molecule has 0 bridgehead atoms. The lowest BCUT2D eigenvalue weighted by molar-refractivity contribution is -0.124. The van der Waals surface area contributed by atoms with Crippen molar-refractivity contribution in [1.29, 1.82) is 0 Å². The second kappa shape index (κ2) is 7.04. The first kappa shape index (κ1) is 18.3. The summed E-state index contributed by atoms with van der Waals surface area (Å²) in [6.45, 7) is 1.42. The van der Waals surface area contributed by atoms with Gasteiger partial charge in [-0.05, 0) is 67.8 Å². The first-order valence-electron chi connectivity index (χ1n) is 8.39. The van der Waals surface area contributed by atoms with Crippen LogP contribution in [0.4, 0.5) is 0 Å². The SMILES string of the molecule is COc1ccc(C(=O)CCC2(C(C)=O)Cc3cc(Cl)ccc3C2=O)cc1. The number of fused-ring (bicyclic) bond motifs is 1. The quantitative estimate of drug-likeness (QED) is 0.561. The molecule has 0 aromatic heterocycles. The Balaban J connectivity index is 1.80. The van der Waals surface area contributed by atoms with Gasteiger partial charge in [0.15, 0.2) is 11.6 Å². The minimum Gasteiger partial charge on any atom is -0.497 e. The molecule has 2 aromatic carbocycles. The Hall–Kier alpha value is -2.46. The molecule has 0 saturated carbocycles. The third kappa shape index (κ3) is 3.17. The highest BCUT2D eigenvalue weighted by molar-refractivity contribution is 6.31. The molecule has 0 fully saturated rings. The summed E-state index contributed by atoms with van der Waals surface area (Å²) in [5.41, 5.74) is 0.668. The van der Waals surface area contributed by atoms with Crippen molar-refractivity contribution in [2.75, 3.05) is 7.11 Å². The maximum atomic E-state index is 12.9. The van der Waals surface area contributed by atoms with Gasteiger partial charge >= 0.3 is 0 Å². The zero-order valence-corrected chi connectivity index (χ0v) is 15.4. The summed E-state index contributed by atoms with van der Waals surface area (Å²) in [5.74, 6) is 0.145. The van der Waals surface area contributed by atoms with Crippen molar-refractivity contribution in [3.05, 3.63) is 64.2 Å². The maximum absolute atomic E-state index is 12.9. The van der Waals surface area contributed by atoms with Gasteiger partial charge in [0.1, 0.15) is 11.5 Å². The van der Waals surface area contributed by atoms with Gasteiger partial charge in [-0.1, -0.05) is 11.6 Å². The Bertz CT molecular complexity index is 885. The number of benzene rings is 2. The number of hydrogen-bond donors (Lipinski definition) is 0. The van der Waals surface area contributed by atoms with Crippen LogP contribution in [-0.4, -0.2) is 24.5 Å². The van der Waals surface area contributed by atoms with Crippen LogP contribution in [0.25, 0.3) is 0 Å². The van der Waals surface area contributed by atoms with Gasteiger partial charge in [-0.15, -0.1) is 0 Å². The van der Waals surface area contributed by atoms with Crippen LogP contribution in [0.5, 0.6) is 5.75 Å². The van der Waals surface area contributed by atoms with Crippen LogP contribution in [-0.2, 0) is 11.2 Å². The molecule has 0 heterocycles. The predicted octanol–water partition coefficient (Wildman–Crippen LogP) is 4.33. The van der Waals surface area contributed by atoms with Crippen LogP contribution in [0.15, 0.2) is 42.5 Å². The zero-order chi connectivity index (χ0) is 18.9. The fourth-order valence-electron chi connectivity index (χ4n) is 3.50. The Morgan fingerprint density at radius 2 is 1.85 bits per heavy atom. The minimum absolute atomic E-state index is 0.102. The molecule has 0 radical (unpaired) electrons. The normalized spacial score (nSPS) is 18.5. The van der Waals surface area contributed by atoms with E-state index in [0.717, 1.165) is 5.56 Å². The number of halogens is 1. The fraction of sp³-hybridized carbons (Fsp3) is 0.286. The zero-order valence-electron chi connectivity index (χ0n) is 14.7. The van der Waals surface area contributed by atoms with Crippen molar-refractivity contribution in [1.82, 2.24) is 0 Å². The monoisotopic (exact) mass is 370 g/mol. The smallest absolute Gasteiger partial charge is 0.177 e. The van der Waals surface area contributed by atoms with E-state index in [1.54, 1.807) is 49.6 Å². The predicted molar refractivity (Wildman–Crippen MR) is 99.2 cm³/mol. The van der Waals surface area contributed by atoms with Gasteiger partial charge in [0.25, 0.3) is 0 Å². The lowest BCUT2D eigenvalue weighted by Crippen LogP contribution is -2.36. The number of Topliss-reactive ketones (excluding diaryl/α,β-unsaturated/α-hetero) is 3. The molecule has 0 saturated heterocycles. The lowest BCUT2D eigenvalue weighted by atomic mass is 9.75. The highest BCUT2D eigenvalue weighted by Gasteiger charge is 2.49. The van der Waals surface area contributed by atoms with E-state index >= 15 is 0 Å². The van der Waals surface area contributed by atoms with Gasteiger partial charge < -0.3 is 4.74 Å². The highest BCUT2D eigenvalue weighted by atomic mass is 35.5. The van der Waals surface area contributed by atoms with Crippen molar-refractivity contribution < 1.29 is 19.1 Å². The van der Waals surface area contributed by atoms with Gasteiger partial charge in [-0.2, -0.15) is 0 Å². The summed E-state index contributed by atoms with van der Waals surface area (Å²) in [5, 5.41) is 0.533. The van der Waals surface area contributed by atoms with Gasteiger partial charge in [-0.3, -0.25) is 14.4 Å². The molecule has 0 amide bonds. The van der Waals surface area contributed by atoms with Crippen molar-refractivity contribution >= 4 is 29.0 Å². The van der Waals surface area contributed by atoms with Gasteiger partial charge in [0.05, 0.1) is 12.5 Å². The Kier molecular flexibility index (Phi) is 4.97. The number of rotatable bonds is 6. The van der Waals surface area contributed by atoms with Crippen LogP contribution in [0.3, 0.4) is 0 Å². The van der Waals surface area contributed by atoms with E-state index in [-0.39, 0.29) is 30.2 Å². The van der Waals surface area contributed by atoms with Crippen LogP contribution in [0.1, 0.15) is 46.0 Å². The van der Waals surface area contributed by atoms with E-state index in [9.17, 15) is 14.4 Å². The third-order valence-corrected chi connectivity index (χ3v) is 5.34. The van der Waals surface area contributed by atoms with E-state index < -0.39 is 5.41 Å². The summed E-state index contributed by atoms with van der Waals surface area (Å²) in [6.07, 6.45) is 0.616. The van der Waals surface area contributed by atoms with Gasteiger partial charge in [0.2, 0.25) is 0 Å². The number of ketones is 3. The molecule has 5 heteroatoms. The van der Waals surface area contributed by atoms with E-state index in [0.29, 0.717) is 28.3 Å². The van der Waals surface area contributed by atoms with Crippen molar-refractivity contribution in [3.8, 4) is 5.75 Å². The number of ether oxygens (including phenoxy) is 1. The Morgan fingerprint density at radius 1 is 1.15 bits per heavy atom. The number of carbonyl (C=O) groups excluding carboxylic acids is 3. The van der Waals surface area contributed by atoms with Crippen LogP contribution in [0.2, 0.25) is 5.02 Å². The average Bonchev–Trinajstić information content (AvgIpc) is 2.92. The second-order valence-corrected chi connectivity index (χ2v) is 7.03. The highest BCUT2D eigenvalue weighted by Crippen LogP contribution is 2.42. The van der Waals surface area contributed by atoms with E-state index in [4.69, 9.17) is 16.3 Å².